The minimum absolute atomic E-state index is 0.129. The molecule has 170 valence electrons. The number of carbonyl (C=O) groups is 2. The van der Waals surface area contributed by atoms with E-state index in [9.17, 15) is 18.0 Å². The van der Waals surface area contributed by atoms with Gasteiger partial charge < -0.3 is 10.2 Å². The van der Waals surface area contributed by atoms with E-state index in [2.05, 4.69) is 12.2 Å². The van der Waals surface area contributed by atoms with Crippen molar-refractivity contribution in [1.82, 2.24) is 4.31 Å². The van der Waals surface area contributed by atoms with Gasteiger partial charge in [-0.25, -0.2) is 8.42 Å². The third-order valence-electron chi connectivity index (χ3n) is 6.43. The van der Waals surface area contributed by atoms with Crippen molar-refractivity contribution in [3.63, 3.8) is 0 Å². The minimum atomic E-state index is -3.54. The molecule has 4 rings (SSSR count). The SMILES string of the molecule is Cc1ccccc1NC(=O)C1CC(=O)N(c2ccc(S(=O)(=O)N3CCC(C)CC3)cc2)C1. The van der Waals surface area contributed by atoms with Crippen LogP contribution in [-0.4, -0.2) is 44.2 Å². The van der Waals surface area contributed by atoms with Crippen LogP contribution in [0.25, 0.3) is 0 Å². The molecule has 1 unspecified atom stereocenters. The molecule has 2 amide bonds. The maximum atomic E-state index is 12.9. The summed E-state index contributed by atoms with van der Waals surface area (Å²) >= 11 is 0. The van der Waals surface area contributed by atoms with E-state index in [1.54, 1.807) is 29.2 Å². The van der Waals surface area contributed by atoms with E-state index in [1.807, 2.05) is 31.2 Å². The van der Waals surface area contributed by atoms with Crippen molar-refractivity contribution >= 4 is 33.2 Å². The number of sulfonamides is 1. The average molecular weight is 456 g/mol. The highest BCUT2D eigenvalue weighted by atomic mass is 32.2. The van der Waals surface area contributed by atoms with E-state index in [0.29, 0.717) is 24.7 Å². The van der Waals surface area contributed by atoms with Crippen LogP contribution in [-0.2, 0) is 19.6 Å². The van der Waals surface area contributed by atoms with Gasteiger partial charge in [-0.15, -0.1) is 0 Å². The smallest absolute Gasteiger partial charge is 0.243 e. The van der Waals surface area contributed by atoms with E-state index < -0.39 is 15.9 Å². The van der Waals surface area contributed by atoms with Gasteiger partial charge >= 0.3 is 0 Å². The number of carbonyl (C=O) groups excluding carboxylic acids is 2. The lowest BCUT2D eigenvalue weighted by Gasteiger charge is -2.29. The third-order valence-corrected chi connectivity index (χ3v) is 8.34. The second kappa shape index (κ2) is 9.03. The van der Waals surface area contributed by atoms with Crippen LogP contribution < -0.4 is 10.2 Å². The predicted molar refractivity (Wildman–Crippen MR) is 124 cm³/mol. The van der Waals surface area contributed by atoms with Crippen molar-refractivity contribution in [3.05, 3.63) is 54.1 Å². The summed E-state index contributed by atoms with van der Waals surface area (Å²) in [7, 11) is -3.54. The fourth-order valence-electron chi connectivity index (χ4n) is 4.25. The predicted octanol–water partition coefficient (Wildman–Crippen LogP) is 3.41. The van der Waals surface area contributed by atoms with Gasteiger partial charge in [-0.05, 0) is 61.6 Å². The largest absolute Gasteiger partial charge is 0.326 e. The zero-order chi connectivity index (χ0) is 22.9. The molecule has 7 nitrogen and oxygen atoms in total. The van der Waals surface area contributed by atoms with Crippen molar-refractivity contribution in [1.29, 1.82) is 0 Å². The highest BCUT2D eigenvalue weighted by molar-refractivity contribution is 7.89. The van der Waals surface area contributed by atoms with Gasteiger partial charge in [0.25, 0.3) is 0 Å². The molecule has 1 atom stereocenters. The summed E-state index contributed by atoms with van der Waals surface area (Å²) in [4.78, 5) is 27.1. The lowest BCUT2D eigenvalue weighted by molar-refractivity contribution is -0.122. The summed E-state index contributed by atoms with van der Waals surface area (Å²) in [6, 6.07) is 13.9. The molecule has 0 saturated carbocycles. The normalized spacial score (nSPS) is 20.5. The van der Waals surface area contributed by atoms with Crippen molar-refractivity contribution in [2.24, 2.45) is 11.8 Å². The number of para-hydroxylation sites is 1. The first-order valence-corrected chi connectivity index (χ1v) is 12.5. The van der Waals surface area contributed by atoms with E-state index in [0.717, 1.165) is 24.1 Å². The average Bonchev–Trinajstić information content (AvgIpc) is 3.17. The second-order valence-electron chi connectivity index (χ2n) is 8.79. The number of rotatable bonds is 5. The van der Waals surface area contributed by atoms with E-state index >= 15 is 0 Å². The molecule has 2 aromatic rings. The van der Waals surface area contributed by atoms with E-state index in [1.165, 1.54) is 4.31 Å². The van der Waals surface area contributed by atoms with Crippen LogP contribution in [0.2, 0.25) is 0 Å². The Bertz CT molecular complexity index is 1110. The zero-order valence-corrected chi connectivity index (χ0v) is 19.3. The Hall–Kier alpha value is -2.71. The Morgan fingerprint density at radius 2 is 1.69 bits per heavy atom. The van der Waals surface area contributed by atoms with Gasteiger partial charge in [0.1, 0.15) is 0 Å². The van der Waals surface area contributed by atoms with Crippen LogP contribution in [0, 0.1) is 18.8 Å². The number of nitrogens with one attached hydrogen (secondary N) is 1. The van der Waals surface area contributed by atoms with Gasteiger partial charge in [0.05, 0.1) is 10.8 Å². The first-order valence-electron chi connectivity index (χ1n) is 11.0. The number of amides is 2. The maximum Gasteiger partial charge on any atom is 0.243 e. The highest BCUT2D eigenvalue weighted by Crippen LogP contribution is 2.29. The van der Waals surface area contributed by atoms with Crippen LogP contribution in [0.1, 0.15) is 31.7 Å². The van der Waals surface area contributed by atoms with Gasteiger partial charge in [-0.1, -0.05) is 25.1 Å². The van der Waals surface area contributed by atoms with Crippen LogP contribution in [0.15, 0.2) is 53.4 Å². The molecule has 0 aromatic heterocycles. The topological polar surface area (TPSA) is 86.8 Å². The van der Waals surface area contributed by atoms with Crippen molar-refractivity contribution in [3.8, 4) is 0 Å². The van der Waals surface area contributed by atoms with Gasteiger partial charge in [0, 0.05) is 37.4 Å². The Balaban J connectivity index is 1.43. The molecule has 2 aliphatic rings. The number of hydrogen-bond acceptors (Lipinski definition) is 4. The summed E-state index contributed by atoms with van der Waals surface area (Å²) in [6.45, 7) is 5.40. The Morgan fingerprint density at radius 1 is 1.03 bits per heavy atom. The molecule has 0 aliphatic carbocycles. The third kappa shape index (κ3) is 4.56. The molecule has 8 heteroatoms. The van der Waals surface area contributed by atoms with Crippen molar-refractivity contribution in [2.45, 2.75) is 38.0 Å². The molecule has 2 aliphatic heterocycles. The van der Waals surface area contributed by atoms with Crippen molar-refractivity contribution < 1.29 is 18.0 Å². The lowest BCUT2D eigenvalue weighted by atomic mass is 10.0. The number of nitrogens with zero attached hydrogens (tertiary/aromatic N) is 2. The van der Waals surface area contributed by atoms with Crippen LogP contribution in [0.5, 0.6) is 0 Å². The summed E-state index contributed by atoms with van der Waals surface area (Å²) < 4.78 is 27.4. The summed E-state index contributed by atoms with van der Waals surface area (Å²) in [5.41, 5.74) is 2.31. The molecule has 2 heterocycles. The molecule has 2 fully saturated rings. The first-order chi connectivity index (χ1) is 15.3. The number of aryl methyl sites for hydroxylation is 1. The number of piperidine rings is 1. The number of hydrogen-bond donors (Lipinski definition) is 1. The maximum absolute atomic E-state index is 12.9. The molecule has 0 radical (unpaired) electrons. The molecule has 1 N–H and O–H groups in total. The Morgan fingerprint density at radius 3 is 2.34 bits per heavy atom. The lowest BCUT2D eigenvalue weighted by Crippen LogP contribution is -2.37. The van der Waals surface area contributed by atoms with Crippen LogP contribution in [0.4, 0.5) is 11.4 Å². The Labute approximate surface area is 189 Å². The molecule has 2 aromatic carbocycles. The second-order valence-corrected chi connectivity index (χ2v) is 10.7. The Kier molecular flexibility index (Phi) is 6.35. The molecule has 0 spiro atoms. The van der Waals surface area contributed by atoms with E-state index in [-0.39, 0.29) is 29.7 Å². The van der Waals surface area contributed by atoms with Gasteiger partial charge in [-0.3, -0.25) is 9.59 Å². The first kappa shape index (κ1) is 22.5. The molecule has 0 bridgehead atoms. The number of anilines is 2. The molecule has 2 saturated heterocycles. The zero-order valence-electron chi connectivity index (χ0n) is 18.5. The van der Waals surface area contributed by atoms with Crippen LogP contribution in [0.3, 0.4) is 0 Å². The highest BCUT2D eigenvalue weighted by Gasteiger charge is 2.35. The molecular formula is C24H29N3O4S. The van der Waals surface area contributed by atoms with Gasteiger partial charge in [0.2, 0.25) is 21.8 Å². The fourth-order valence-corrected chi connectivity index (χ4v) is 5.72. The fraction of sp³-hybridized carbons (Fsp3) is 0.417. The minimum Gasteiger partial charge on any atom is -0.326 e. The van der Waals surface area contributed by atoms with E-state index in [4.69, 9.17) is 0 Å². The van der Waals surface area contributed by atoms with Gasteiger partial charge in [-0.2, -0.15) is 4.31 Å². The number of benzene rings is 2. The van der Waals surface area contributed by atoms with Gasteiger partial charge in [0.15, 0.2) is 0 Å². The summed E-state index contributed by atoms with van der Waals surface area (Å²) in [6.07, 6.45) is 1.86. The summed E-state index contributed by atoms with van der Waals surface area (Å²) in [5, 5.41) is 2.91. The molecular weight excluding hydrogens is 426 g/mol. The standard InChI is InChI=1S/C24H29N3O4S/c1-17-11-13-26(14-12-17)32(30,31)21-9-7-20(8-10-21)27-16-19(15-23(27)28)24(29)25-22-6-4-3-5-18(22)2/h3-10,17,19H,11-16H2,1-2H3,(H,25,29). The monoisotopic (exact) mass is 455 g/mol. The summed E-state index contributed by atoms with van der Waals surface area (Å²) in [5.74, 6) is -0.244. The van der Waals surface area contributed by atoms with Crippen LogP contribution >= 0.6 is 0 Å². The molecule has 32 heavy (non-hydrogen) atoms. The van der Waals surface area contributed by atoms with Crippen molar-refractivity contribution in [2.75, 3.05) is 29.9 Å². The quantitative estimate of drug-likeness (QED) is 0.749.